The topological polar surface area (TPSA) is 36.4 Å². The van der Waals surface area contributed by atoms with Gasteiger partial charge < -0.3 is 10.6 Å². The van der Waals surface area contributed by atoms with Gasteiger partial charge in [0.25, 0.3) is 0 Å². The first-order valence-electron chi connectivity index (χ1n) is 7.37. The smallest absolute Gasteiger partial charge is 0.191 e. The van der Waals surface area contributed by atoms with E-state index in [0.29, 0.717) is 5.41 Å². The molecular weight excluding hydrogens is 266 g/mol. The highest BCUT2D eigenvalue weighted by Gasteiger charge is 2.43. The van der Waals surface area contributed by atoms with Crippen LogP contribution in [-0.2, 0) is 5.41 Å². The molecule has 3 nitrogen and oxygen atoms in total. The number of thioether (sulfide) groups is 1. The second kappa shape index (κ2) is 7.58. The fraction of sp³-hybridized carbons (Fsp3) is 0.562. The molecule has 110 valence electrons. The average molecular weight is 291 g/mol. The molecule has 4 heteroatoms. The summed E-state index contributed by atoms with van der Waals surface area (Å²) in [5.41, 5.74) is 1.73. The monoisotopic (exact) mass is 291 g/mol. The number of rotatable bonds is 7. The molecule has 0 saturated heterocycles. The highest BCUT2D eigenvalue weighted by atomic mass is 32.2. The first-order valence-corrected chi connectivity index (χ1v) is 8.77. The van der Waals surface area contributed by atoms with Crippen molar-refractivity contribution in [3.8, 4) is 0 Å². The minimum atomic E-state index is 0.295. The number of hydrogen-bond donors (Lipinski definition) is 2. The standard InChI is InChI=1S/C16H25N3S/c1-3-17-15(18-11-12-20-2)19-13-16(9-10-16)14-7-5-4-6-8-14/h4-8H,3,9-13H2,1-2H3,(H2,17,18,19). The summed E-state index contributed by atoms with van der Waals surface area (Å²) in [4.78, 5) is 4.78. The largest absolute Gasteiger partial charge is 0.357 e. The molecule has 20 heavy (non-hydrogen) atoms. The van der Waals surface area contributed by atoms with Crippen molar-refractivity contribution >= 4 is 17.7 Å². The van der Waals surface area contributed by atoms with Gasteiger partial charge in [-0.3, -0.25) is 4.99 Å². The molecule has 1 fully saturated rings. The van der Waals surface area contributed by atoms with Gasteiger partial charge in [0.1, 0.15) is 0 Å². The minimum Gasteiger partial charge on any atom is -0.357 e. The van der Waals surface area contributed by atoms with Gasteiger partial charge in [0.2, 0.25) is 0 Å². The Labute approximate surface area is 126 Å². The molecule has 1 aliphatic carbocycles. The maximum absolute atomic E-state index is 4.78. The Morgan fingerprint density at radius 1 is 1.25 bits per heavy atom. The zero-order valence-corrected chi connectivity index (χ0v) is 13.3. The Balaban J connectivity index is 1.94. The molecule has 0 bridgehead atoms. The third-order valence-electron chi connectivity index (χ3n) is 3.72. The van der Waals surface area contributed by atoms with Crippen molar-refractivity contribution in [3.05, 3.63) is 35.9 Å². The predicted octanol–water partition coefficient (Wildman–Crippen LogP) is 2.64. The van der Waals surface area contributed by atoms with Crippen LogP contribution in [0.4, 0.5) is 0 Å². The highest BCUT2D eigenvalue weighted by molar-refractivity contribution is 7.98. The van der Waals surface area contributed by atoms with Crippen molar-refractivity contribution in [2.24, 2.45) is 4.99 Å². The van der Waals surface area contributed by atoms with Gasteiger partial charge in [-0.15, -0.1) is 0 Å². The summed E-state index contributed by atoms with van der Waals surface area (Å²) in [5, 5.41) is 6.71. The van der Waals surface area contributed by atoms with Crippen LogP contribution in [0.2, 0.25) is 0 Å². The summed E-state index contributed by atoms with van der Waals surface area (Å²) in [5.74, 6) is 2.05. The molecule has 0 heterocycles. The molecule has 0 aromatic heterocycles. The van der Waals surface area contributed by atoms with Crippen LogP contribution in [0.25, 0.3) is 0 Å². The van der Waals surface area contributed by atoms with Crippen molar-refractivity contribution in [1.29, 1.82) is 0 Å². The van der Waals surface area contributed by atoms with Crippen LogP contribution < -0.4 is 10.6 Å². The molecule has 0 unspecified atom stereocenters. The second-order valence-corrected chi connectivity index (χ2v) is 6.25. The number of hydrogen-bond acceptors (Lipinski definition) is 2. The molecule has 0 amide bonds. The fourth-order valence-electron chi connectivity index (χ4n) is 2.32. The van der Waals surface area contributed by atoms with Crippen molar-refractivity contribution in [2.75, 3.05) is 31.6 Å². The summed E-state index contributed by atoms with van der Waals surface area (Å²) in [6.07, 6.45) is 4.63. The van der Waals surface area contributed by atoms with Crippen LogP contribution >= 0.6 is 11.8 Å². The van der Waals surface area contributed by atoms with E-state index in [0.717, 1.165) is 31.3 Å². The Morgan fingerprint density at radius 3 is 2.60 bits per heavy atom. The van der Waals surface area contributed by atoms with Gasteiger partial charge in [-0.25, -0.2) is 0 Å². The summed E-state index contributed by atoms with van der Waals surface area (Å²) in [6.45, 7) is 4.86. The molecular formula is C16H25N3S. The second-order valence-electron chi connectivity index (χ2n) is 5.26. The molecule has 1 saturated carbocycles. The van der Waals surface area contributed by atoms with Crippen molar-refractivity contribution in [3.63, 3.8) is 0 Å². The number of guanidine groups is 1. The predicted molar refractivity (Wildman–Crippen MR) is 89.7 cm³/mol. The van der Waals surface area contributed by atoms with Crippen molar-refractivity contribution in [1.82, 2.24) is 10.6 Å². The third kappa shape index (κ3) is 4.17. The van der Waals surface area contributed by atoms with E-state index < -0.39 is 0 Å². The zero-order chi connectivity index (χ0) is 14.3. The average Bonchev–Trinajstić information content (AvgIpc) is 3.27. The van der Waals surface area contributed by atoms with Crippen LogP contribution in [0.3, 0.4) is 0 Å². The first kappa shape index (κ1) is 15.2. The number of benzene rings is 1. The molecule has 1 aliphatic rings. The fourth-order valence-corrected chi connectivity index (χ4v) is 2.63. The van der Waals surface area contributed by atoms with Gasteiger partial charge in [-0.05, 0) is 31.6 Å². The van der Waals surface area contributed by atoms with Gasteiger partial charge >= 0.3 is 0 Å². The van der Waals surface area contributed by atoms with E-state index in [2.05, 4.69) is 54.1 Å². The van der Waals surface area contributed by atoms with Crippen LogP contribution in [0, 0.1) is 0 Å². The summed E-state index contributed by atoms with van der Waals surface area (Å²) in [6, 6.07) is 10.8. The maximum Gasteiger partial charge on any atom is 0.191 e. The van der Waals surface area contributed by atoms with Gasteiger partial charge in [-0.1, -0.05) is 30.3 Å². The van der Waals surface area contributed by atoms with Crippen LogP contribution in [0.15, 0.2) is 35.3 Å². The summed E-state index contributed by atoms with van der Waals surface area (Å²) in [7, 11) is 0. The van der Waals surface area contributed by atoms with Gasteiger partial charge in [0.15, 0.2) is 5.96 Å². The molecule has 2 rings (SSSR count). The Morgan fingerprint density at radius 2 is 2.00 bits per heavy atom. The van der Waals surface area contributed by atoms with E-state index >= 15 is 0 Å². The quantitative estimate of drug-likeness (QED) is 0.461. The van der Waals surface area contributed by atoms with Crippen molar-refractivity contribution in [2.45, 2.75) is 25.2 Å². The molecule has 0 atom stereocenters. The van der Waals surface area contributed by atoms with E-state index in [1.54, 1.807) is 0 Å². The molecule has 2 N–H and O–H groups in total. The van der Waals surface area contributed by atoms with Crippen LogP contribution in [0.5, 0.6) is 0 Å². The molecule has 0 spiro atoms. The maximum atomic E-state index is 4.78. The lowest BCUT2D eigenvalue weighted by atomic mass is 9.96. The Bertz CT molecular complexity index is 427. The van der Waals surface area contributed by atoms with E-state index in [1.165, 1.54) is 18.4 Å². The molecule has 0 radical (unpaired) electrons. The van der Waals surface area contributed by atoms with Crippen LogP contribution in [-0.4, -0.2) is 37.6 Å². The van der Waals surface area contributed by atoms with Gasteiger partial charge in [0, 0.05) is 24.3 Å². The number of nitrogens with one attached hydrogen (secondary N) is 2. The molecule has 1 aromatic carbocycles. The summed E-state index contributed by atoms with van der Waals surface area (Å²) < 4.78 is 0. The number of nitrogens with zero attached hydrogens (tertiary/aromatic N) is 1. The summed E-state index contributed by atoms with van der Waals surface area (Å²) >= 11 is 1.85. The number of aliphatic imine (C=N–C) groups is 1. The van der Waals surface area contributed by atoms with E-state index in [9.17, 15) is 0 Å². The lowest BCUT2D eigenvalue weighted by molar-refractivity contribution is 0.695. The van der Waals surface area contributed by atoms with E-state index in [4.69, 9.17) is 4.99 Å². The zero-order valence-electron chi connectivity index (χ0n) is 12.5. The minimum absolute atomic E-state index is 0.295. The van der Waals surface area contributed by atoms with Gasteiger partial charge in [0.05, 0.1) is 6.54 Å². The highest BCUT2D eigenvalue weighted by Crippen LogP contribution is 2.48. The third-order valence-corrected chi connectivity index (χ3v) is 4.33. The lowest BCUT2D eigenvalue weighted by Gasteiger charge is -2.15. The molecule has 0 aliphatic heterocycles. The lowest BCUT2D eigenvalue weighted by Crippen LogP contribution is -2.39. The Kier molecular flexibility index (Phi) is 5.77. The molecule has 1 aromatic rings. The normalized spacial score (nSPS) is 16.8. The Hall–Kier alpha value is -1.16. The SMILES string of the molecule is CCNC(=NCC1(c2ccccc2)CC1)NCCSC. The van der Waals surface area contributed by atoms with Crippen molar-refractivity contribution < 1.29 is 0 Å². The van der Waals surface area contributed by atoms with Gasteiger partial charge in [-0.2, -0.15) is 11.8 Å². The first-order chi connectivity index (χ1) is 9.80. The van der Waals surface area contributed by atoms with Crippen LogP contribution in [0.1, 0.15) is 25.3 Å². The van der Waals surface area contributed by atoms with E-state index in [-0.39, 0.29) is 0 Å². The van der Waals surface area contributed by atoms with E-state index in [1.807, 2.05) is 11.8 Å².